The van der Waals surface area contributed by atoms with E-state index < -0.39 is 0 Å². The second-order valence-corrected chi connectivity index (χ2v) is 7.44. The summed E-state index contributed by atoms with van der Waals surface area (Å²) in [7, 11) is 0. The third kappa shape index (κ3) is 3.01. The first kappa shape index (κ1) is 13.8. The fraction of sp³-hybridized carbons (Fsp3) is 0.737. The van der Waals surface area contributed by atoms with Crippen LogP contribution in [-0.2, 0) is 6.42 Å². The maximum atomic E-state index is 4.77. The Bertz CT molecular complexity index is 480. The Labute approximate surface area is 128 Å². The molecule has 0 spiro atoms. The Morgan fingerprint density at radius 3 is 2.86 bits per heavy atom. The van der Waals surface area contributed by atoms with Crippen LogP contribution in [0, 0.1) is 11.8 Å². The Kier molecular flexibility index (Phi) is 3.98. The fourth-order valence-electron chi connectivity index (χ4n) is 4.66. The lowest BCUT2D eigenvalue weighted by Gasteiger charge is -2.31. The molecule has 2 nitrogen and oxygen atoms in total. The topological polar surface area (TPSA) is 24.9 Å². The Morgan fingerprint density at radius 1 is 1.05 bits per heavy atom. The van der Waals surface area contributed by atoms with E-state index in [2.05, 4.69) is 17.4 Å². The number of pyridine rings is 1. The second-order valence-electron chi connectivity index (χ2n) is 7.44. The summed E-state index contributed by atoms with van der Waals surface area (Å²) in [4.78, 5) is 4.77. The van der Waals surface area contributed by atoms with Crippen LogP contribution in [0.25, 0.3) is 0 Å². The third-order valence-electron chi connectivity index (χ3n) is 5.98. The summed E-state index contributed by atoms with van der Waals surface area (Å²) in [6, 6.07) is 5.26. The fourth-order valence-corrected chi connectivity index (χ4v) is 4.66. The molecule has 1 aromatic rings. The van der Waals surface area contributed by atoms with Gasteiger partial charge in [0.25, 0.3) is 0 Å². The first-order valence-electron chi connectivity index (χ1n) is 9.09. The molecular formula is C19H28N2. The van der Waals surface area contributed by atoms with E-state index in [1.165, 1.54) is 75.6 Å². The van der Waals surface area contributed by atoms with Gasteiger partial charge in [-0.15, -0.1) is 0 Å². The van der Waals surface area contributed by atoms with Gasteiger partial charge in [-0.1, -0.05) is 25.3 Å². The van der Waals surface area contributed by atoms with Gasteiger partial charge in [-0.2, -0.15) is 0 Å². The minimum atomic E-state index is 0.741. The zero-order valence-electron chi connectivity index (χ0n) is 13.1. The van der Waals surface area contributed by atoms with Crippen LogP contribution in [0.15, 0.2) is 18.3 Å². The molecule has 2 saturated carbocycles. The molecule has 1 N–H and O–H groups in total. The van der Waals surface area contributed by atoms with Crippen LogP contribution in [0.2, 0.25) is 0 Å². The van der Waals surface area contributed by atoms with Gasteiger partial charge in [0.05, 0.1) is 0 Å². The molecule has 0 bridgehead atoms. The van der Waals surface area contributed by atoms with E-state index in [-0.39, 0.29) is 0 Å². The summed E-state index contributed by atoms with van der Waals surface area (Å²) in [5.41, 5.74) is 2.97. The van der Waals surface area contributed by atoms with Crippen molar-refractivity contribution in [1.29, 1.82) is 0 Å². The molecule has 0 saturated heterocycles. The maximum absolute atomic E-state index is 4.77. The van der Waals surface area contributed by atoms with Crippen LogP contribution in [0.1, 0.15) is 68.5 Å². The number of hydrogen-bond acceptors (Lipinski definition) is 2. The largest absolute Gasteiger partial charge is 0.314 e. The van der Waals surface area contributed by atoms with Crippen molar-refractivity contribution in [3.63, 3.8) is 0 Å². The number of hydrogen-bond donors (Lipinski definition) is 1. The molecule has 2 heteroatoms. The molecule has 0 radical (unpaired) electrons. The van der Waals surface area contributed by atoms with Gasteiger partial charge in [-0.05, 0) is 68.5 Å². The molecule has 3 unspecified atom stereocenters. The van der Waals surface area contributed by atoms with E-state index in [9.17, 15) is 0 Å². The molecular weight excluding hydrogens is 256 g/mol. The smallest absolute Gasteiger partial charge is 0.0469 e. The van der Waals surface area contributed by atoms with E-state index >= 15 is 0 Å². The summed E-state index contributed by atoms with van der Waals surface area (Å²) in [5, 5.41) is 3.81. The standard InChI is InChI=1S/C19H28N2/c1-2-5-15(13-21-16-9-10-16)17(7-3-1)18-11-8-14-6-4-12-20-19(14)18/h4,6,12,15-18,21H,1-3,5,7-11,13H2. The summed E-state index contributed by atoms with van der Waals surface area (Å²) in [6.45, 7) is 1.26. The van der Waals surface area contributed by atoms with Crippen LogP contribution in [0.4, 0.5) is 0 Å². The molecule has 21 heavy (non-hydrogen) atoms. The number of fused-ring (bicyclic) bond motifs is 1. The first-order chi connectivity index (χ1) is 10.4. The summed E-state index contributed by atoms with van der Waals surface area (Å²) < 4.78 is 0. The highest BCUT2D eigenvalue weighted by atomic mass is 14.9. The van der Waals surface area contributed by atoms with Crippen molar-refractivity contribution in [3.8, 4) is 0 Å². The predicted octanol–water partition coefficient (Wildman–Crippen LogP) is 4.06. The van der Waals surface area contributed by atoms with Crippen molar-refractivity contribution in [2.24, 2.45) is 11.8 Å². The van der Waals surface area contributed by atoms with E-state index in [4.69, 9.17) is 4.98 Å². The first-order valence-corrected chi connectivity index (χ1v) is 9.09. The van der Waals surface area contributed by atoms with Gasteiger partial charge in [-0.25, -0.2) is 0 Å². The summed E-state index contributed by atoms with van der Waals surface area (Å²) in [5.74, 6) is 2.49. The van der Waals surface area contributed by atoms with Gasteiger partial charge in [0.2, 0.25) is 0 Å². The lowest BCUT2D eigenvalue weighted by atomic mass is 9.77. The molecule has 0 aliphatic heterocycles. The SMILES string of the molecule is c1cnc2c(c1)CCC2C1CCCCCC1CNC1CC1. The number of rotatable bonds is 4. The second kappa shape index (κ2) is 6.08. The molecule has 114 valence electrons. The van der Waals surface area contributed by atoms with Crippen molar-refractivity contribution in [3.05, 3.63) is 29.6 Å². The monoisotopic (exact) mass is 284 g/mol. The van der Waals surface area contributed by atoms with Crippen LogP contribution < -0.4 is 5.32 Å². The highest BCUT2D eigenvalue weighted by Gasteiger charge is 2.36. The van der Waals surface area contributed by atoms with Crippen molar-refractivity contribution in [1.82, 2.24) is 10.3 Å². The number of nitrogens with one attached hydrogen (secondary N) is 1. The van der Waals surface area contributed by atoms with Gasteiger partial charge in [-0.3, -0.25) is 4.98 Å². The number of aryl methyl sites for hydroxylation is 1. The lowest BCUT2D eigenvalue weighted by Crippen LogP contribution is -2.31. The average Bonchev–Trinajstić information content (AvgIpc) is 3.29. The summed E-state index contributed by atoms with van der Waals surface area (Å²) in [6.07, 6.45) is 14.6. The molecule has 4 rings (SSSR count). The minimum Gasteiger partial charge on any atom is -0.314 e. The van der Waals surface area contributed by atoms with Gasteiger partial charge in [0.15, 0.2) is 0 Å². The van der Waals surface area contributed by atoms with Gasteiger partial charge < -0.3 is 5.32 Å². The third-order valence-corrected chi connectivity index (χ3v) is 5.98. The zero-order valence-corrected chi connectivity index (χ0v) is 13.1. The van der Waals surface area contributed by atoms with Crippen LogP contribution in [0.3, 0.4) is 0 Å². The average molecular weight is 284 g/mol. The highest BCUT2D eigenvalue weighted by molar-refractivity contribution is 5.29. The van der Waals surface area contributed by atoms with Gasteiger partial charge in [0.1, 0.15) is 0 Å². The Hall–Kier alpha value is -0.890. The molecule has 3 atom stereocenters. The van der Waals surface area contributed by atoms with Crippen LogP contribution in [0.5, 0.6) is 0 Å². The van der Waals surface area contributed by atoms with Crippen molar-refractivity contribution in [2.75, 3.05) is 6.54 Å². The van der Waals surface area contributed by atoms with Gasteiger partial charge in [0, 0.05) is 23.9 Å². The van der Waals surface area contributed by atoms with Crippen LogP contribution in [-0.4, -0.2) is 17.6 Å². The molecule has 1 aromatic heterocycles. The Balaban J connectivity index is 1.52. The Morgan fingerprint density at radius 2 is 1.95 bits per heavy atom. The number of nitrogens with zero attached hydrogens (tertiary/aromatic N) is 1. The van der Waals surface area contributed by atoms with Crippen molar-refractivity contribution in [2.45, 2.75) is 69.7 Å². The van der Waals surface area contributed by atoms with E-state index in [1.807, 2.05) is 6.20 Å². The number of aromatic nitrogens is 1. The predicted molar refractivity (Wildman–Crippen MR) is 86.4 cm³/mol. The highest BCUT2D eigenvalue weighted by Crippen LogP contribution is 2.45. The van der Waals surface area contributed by atoms with Crippen molar-refractivity contribution >= 4 is 0 Å². The normalized spacial score (nSPS) is 32.7. The molecule has 3 aliphatic carbocycles. The zero-order chi connectivity index (χ0) is 14.1. The van der Waals surface area contributed by atoms with Gasteiger partial charge >= 0.3 is 0 Å². The van der Waals surface area contributed by atoms with E-state index in [1.54, 1.807) is 0 Å². The van der Waals surface area contributed by atoms with E-state index in [0.717, 1.165) is 23.8 Å². The summed E-state index contributed by atoms with van der Waals surface area (Å²) >= 11 is 0. The van der Waals surface area contributed by atoms with Crippen LogP contribution >= 0.6 is 0 Å². The van der Waals surface area contributed by atoms with Crippen molar-refractivity contribution < 1.29 is 0 Å². The lowest BCUT2D eigenvalue weighted by molar-refractivity contribution is 0.250. The molecule has 2 fully saturated rings. The maximum Gasteiger partial charge on any atom is 0.0469 e. The molecule has 1 heterocycles. The van der Waals surface area contributed by atoms with E-state index in [0.29, 0.717) is 0 Å². The molecule has 0 amide bonds. The molecule has 3 aliphatic rings. The minimum absolute atomic E-state index is 0.741. The quantitative estimate of drug-likeness (QED) is 0.843. The molecule has 0 aromatic carbocycles.